The molecule has 0 bridgehead atoms. The predicted octanol–water partition coefficient (Wildman–Crippen LogP) is 4.36. The zero-order chi connectivity index (χ0) is 12.6. The third-order valence-electron chi connectivity index (χ3n) is 3.04. The second-order valence-corrected chi connectivity index (χ2v) is 8.58. The van der Waals surface area contributed by atoms with Crippen molar-refractivity contribution in [3.05, 3.63) is 19.2 Å². The molecular weight excluding hydrogens is 389 g/mol. The molecule has 0 radical (unpaired) electrons. The number of carbonyl (C=O) groups is 1. The molecule has 2 rings (SSSR count). The van der Waals surface area contributed by atoms with E-state index in [0.29, 0.717) is 12.5 Å². The van der Waals surface area contributed by atoms with E-state index >= 15 is 0 Å². The van der Waals surface area contributed by atoms with Gasteiger partial charge in [-0.15, -0.1) is 22.9 Å². The van der Waals surface area contributed by atoms with Crippen molar-refractivity contribution in [3.8, 4) is 0 Å². The maximum Gasteiger partial charge on any atom is 0.255 e. The topological polar surface area (TPSA) is 20.3 Å². The standard InChI is InChI=1S/C11H12Br2ClNOS/c1-6-2-3-15(5-8(6)14)11(16)7-4-9(12)17-10(7)13/h4,6,8H,2-3,5H2,1H3. The summed E-state index contributed by atoms with van der Waals surface area (Å²) in [5, 5.41) is 0.0635. The summed E-state index contributed by atoms with van der Waals surface area (Å²) < 4.78 is 1.83. The Hall–Kier alpha value is 0.420. The number of alkyl halides is 1. The van der Waals surface area contributed by atoms with Crippen LogP contribution >= 0.6 is 54.8 Å². The summed E-state index contributed by atoms with van der Waals surface area (Å²) >= 11 is 14.5. The van der Waals surface area contributed by atoms with E-state index in [2.05, 4.69) is 38.8 Å². The van der Waals surface area contributed by atoms with Crippen LogP contribution in [0.1, 0.15) is 23.7 Å². The summed E-state index contributed by atoms with van der Waals surface area (Å²) in [5.41, 5.74) is 0.722. The summed E-state index contributed by atoms with van der Waals surface area (Å²) in [6.07, 6.45) is 0.975. The number of piperidine rings is 1. The van der Waals surface area contributed by atoms with Crippen LogP contribution in [0, 0.1) is 5.92 Å². The van der Waals surface area contributed by atoms with Crippen LogP contribution in [0.3, 0.4) is 0 Å². The molecule has 0 aliphatic carbocycles. The van der Waals surface area contributed by atoms with Crippen LogP contribution in [0.5, 0.6) is 0 Å². The van der Waals surface area contributed by atoms with Crippen molar-refractivity contribution >= 4 is 60.7 Å². The van der Waals surface area contributed by atoms with Crippen LogP contribution in [-0.4, -0.2) is 29.3 Å². The Bertz CT molecular complexity index is 437. The van der Waals surface area contributed by atoms with Crippen LogP contribution in [0.15, 0.2) is 13.6 Å². The number of thiophene rings is 1. The maximum absolute atomic E-state index is 12.3. The largest absolute Gasteiger partial charge is 0.337 e. The minimum Gasteiger partial charge on any atom is -0.337 e. The van der Waals surface area contributed by atoms with Gasteiger partial charge in [-0.05, 0) is 50.3 Å². The lowest BCUT2D eigenvalue weighted by Gasteiger charge is -2.33. The van der Waals surface area contributed by atoms with E-state index < -0.39 is 0 Å². The summed E-state index contributed by atoms with van der Waals surface area (Å²) in [6, 6.07) is 1.86. The number of carbonyl (C=O) groups excluding carboxylic acids is 1. The van der Waals surface area contributed by atoms with E-state index in [-0.39, 0.29) is 11.3 Å². The van der Waals surface area contributed by atoms with Gasteiger partial charge >= 0.3 is 0 Å². The number of likely N-dealkylation sites (tertiary alicyclic amines) is 1. The van der Waals surface area contributed by atoms with Gasteiger partial charge in [-0.3, -0.25) is 4.79 Å². The van der Waals surface area contributed by atoms with Crippen molar-refractivity contribution in [2.45, 2.75) is 18.7 Å². The van der Waals surface area contributed by atoms with Gasteiger partial charge < -0.3 is 4.90 Å². The Balaban J connectivity index is 2.13. The summed E-state index contributed by atoms with van der Waals surface area (Å²) in [6.45, 7) is 3.57. The van der Waals surface area contributed by atoms with Gasteiger partial charge in [0.15, 0.2) is 0 Å². The van der Waals surface area contributed by atoms with E-state index in [9.17, 15) is 4.79 Å². The summed E-state index contributed by atoms with van der Waals surface area (Å²) in [7, 11) is 0. The van der Waals surface area contributed by atoms with Gasteiger partial charge in [0.1, 0.15) is 0 Å². The second-order valence-electron chi connectivity index (χ2n) is 4.27. The average molecular weight is 402 g/mol. The molecule has 2 unspecified atom stereocenters. The molecule has 0 aromatic carbocycles. The average Bonchev–Trinajstić information content (AvgIpc) is 2.61. The first-order valence-corrected chi connectivity index (χ1v) is 8.21. The molecule has 0 saturated carbocycles. The van der Waals surface area contributed by atoms with E-state index in [1.165, 1.54) is 11.3 Å². The molecule has 2 nitrogen and oxygen atoms in total. The number of hydrogen-bond donors (Lipinski definition) is 0. The minimum absolute atomic E-state index is 0.0635. The number of nitrogens with zero attached hydrogens (tertiary/aromatic N) is 1. The highest BCUT2D eigenvalue weighted by Crippen LogP contribution is 2.33. The molecule has 1 aromatic heterocycles. The predicted molar refractivity (Wildman–Crippen MR) is 79.0 cm³/mol. The number of rotatable bonds is 1. The molecule has 1 amide bonds. The van der Waals surface area contributed by atoms with E-state index in [1.54, 1.807) is 0 Å². The van der Waals surface area contributed by atoms with Gasteiger partial charge in [-0.2, -0.15) is 0 Å². The summed E-state index contributed by atoms with van der Waals surface area (Å²) in [4.78, 5) is 14.2. The third-order valence-corrected chi connectivity index (χ3v) is 5.95. The first-order valence-electron chi connectivity index (χ1n) is 5.37. The molecule has 2 heterocycles. The Morgan fingerprint density at radius 2 is 2.29 bits per heavy atom. The molecule has 1 fully saturated rings. The summed E-state index contributed by atoms with van der Waals surface area (Å²) in [5.74, 6) is 0.551. The Morgan fingerprint density at radius 3 is 2.82 bits per heavy atom. The highest BCUT2D eigenvalue weighted by molar-refractivity contribution is 9.12. The highest BCUT2D eigenvalue weighted by Gasteiger charge is 2.29. The van der Waals surface area contributed by atoms with Crippen LogP contribution in [-0.2, 0) is 0 Å². The van der Waals surface area contributed by atoms with Gasteiger partial charge in [-0.1, -0.05) is 6.92 Å². The van der Waals surface area contributed by atoms with Gasteiger partial charge in [0, 0.05) is 13.1 Å². The number of halogens is 3. The Morgan fingerprint density at radius 1 is 1.59 bits per heavy atom. The molecule has 2 atom stereocenters. The van der Waals surface area contributed by atoms with Crippen molar-refractivity contribution in [2.75, 3.05) is 13.1 Å². The minimum atomic E-state index is 0.0635. The molecule has 17 heavy (non-hydrogen) atoms. The fraction of sp³-hybridized carbons (Fsp3) is 0.545. The molecular formula is C11H12Br2ClNOS. The molecule has 6 heteroatoms. The zero-order valence-electron chi connectivity index (χ0n) is 9.25. The van der Waals surface area contributed by atoms with E-state index in [0.717, 1.165) is 26.1 Å². The Kier molecular flexibility index (Phi) is 4.55. The highest BCUT2D eigenvalue weighted by atomic mass is 79.9. The van der Waals surface area contributed by atoms with E-state index in [4.69, 9.17) is 11.6 Å². The fourth-order valence-corrected chi connectivity index (χ4v) is 4.93. The number of hydrogen-bond acceptors (Lipinski definition) is 2. The molecule has 94 valence electrons. The zero-order valence-corrected chi connectivity index (χ0v) is 14.0. The van der Waals surface area contributed by atoms with Crippen LogP contribution < -0.4 is 0 Å². The first kappa shape index (κ1) is 13.8. The van der Waals surface area contributed by atoms with Gasteiger partial charge in [0.25, 0.3) is 5.91 Å². The van der Waals surface area contributed by atoms with Crippen molar-refractivity contribution in [1.29, 1.82) is 0 Å². The molecule has 1 saturated heterocycles. The van der Waals surface area contributed by atoms with Gasteiger partial charge in [0.2, 0.25) is 0 Å². The lowest BCUT2D eigenvalue weighted by Crippen LogP contribution is -2.43. The molecule has 1 aliphatic heterocycles. The lowest BCUT2D eigenvalue weighted by atomic mass is 9.98. The van der Waals surface area contributed by atoms with Gasteiger partial charge in [0.05, 0.1) is 18.5 Å². The molecule has 1 aromatic rings. The molecule has 0 spiro atoms. The monoisotopic (exact) mass is 399 g/mol. The van der Waals surface area contributed by atoms with Crippen LogP contribution in [0.2, 0.25) is 0 Å². The van der Waals surface area contributed by atoms with Crippen molar-refractivity contribution in [1.82, 2.24) is 4.90 Å². The lowest BCUT2D eigenvalue weighted by molar-refractivity contribution is 0.0701. The maximum atomic E-state index is 12.3. The number of amides is 1. The van der Waals surface area contributed by atoms with Crippen LogP contribution in [0.4, 0.5) is 0 Å². The SMILES string of the molecule is CC1CCN(C(=O)c2cc(Br)sc2Br)CC1Cl. The van der Waals surface area contributed by atoms with Crippen molar-refractivity contribution in [3.63, 3.8) is 0 Å². The third kappa shape index (κ3) is 3.06. The fourth-order valence-electron chi connectivity index (χ4n) is 1.86. The Labute approximate surface area is 127 Å². The quantitative estimate of drug-likeness (QED) is 0.640. The van der Waals surface area contributed by atoms with E-state index in [1.807, 2.05) is 11.0 Å². The van der Waals surface area contributed by atoms with Crippen molar-refractivity contribution in [2.24, 2.45) is 5.92 Å². The second kappa shape index (κ2) is 5.59. The molecule has 0 N–H and O–H groups in total. The normalized spacial score (nSPS) is 25.1. The van der Waals surface area contributed by atoms with Crippen LogP contribution in [0.25, 0.3) is 0 Å². The first-order chi connectivity index (χ1) is 7.99. The van der Waals surface area contributed by atoms with Gasteiger partial charge in [-0.25, -0.2) is 0 Å². The smallest absolute Gasteiger partial charge is 0.255 e. The molecule has 1 aliphatic rings. The van der Waals surface area contributed by atoms with Crippen molar-refractivity contribution < 1.29 is 4.79 Å².